The molecule has 0 radical (unpaired) electrons. The van der Waals surface area contributed by atoms with Gasteiger partial charge in [-0.25, -0.2) is 0 Å². The molecule has 2 heteroatoms. The molecule has 264 valence electrons. The van der Waals surface area contributed by atoms with Crippen molar-refractivity contribution in [1.82, 2.24) is 0 Å². The first-order chi connectivity index (χ1) is 25.8. The van der Waals surface area contributed by atoms with Gasteiger partial charge in [-0.15, -0.1) is 0 Å². The molecule has 7 aromatic rings. The van der Waals surface area contributed by atoms with Gasteiger partial charge >= 0.3 is 0 Å². The summed E-state index contributed by atoms with van der Waals surface area (Å²) >= 11 is 0. The van der Waals surface area contributed by atoms with E-state index in [1.165, 1.54) is 38.9 Å². The van der Waals surface area contributed by atoms with Crippen molar-refractivity contribution in [3.63, 3.8) is 0 Å². The van der Waals surface area contributed by atoms with Crippen LogP contribution in [0.25, 0.3) is 0 Å². The van der Waals surface area contributed by atoms with Gasteiger partial charge in [0.05, 0.1) is 0 Å². The molecular formula is C51H50N2. The van der Waals surface area contributed by atoms with Gasteiger partial charge in [0, 0.05) is 40.0 Å². The van der Waals surface area contributed by atoms with Crippen LogP contribution < -0.4 is 9.80 Å². The zero-order valence-electron chi connectivity index (χ0n) is 31.7. The molecule has 0 aromatic heterocycles. The topological polar surface area (TPSA) is 6.48 Å². The predicted octanol–water partition coefficient (Wildman–Crippen LogP) is 14.3. The van der Waals surface area contributed by atoms with Crippen LogP contribution in [-0.2, 0) is 6.42 Å². The third kappa shape index (κ3) is 8.45. The molecule has 0 N–H and O–H groups in total. The molecule has 1 atom stereocenters. The van der Waals surface area contributed by atoms with E-state index in [1.54, 1.807) is 0 Å². The van der Waals surface area contributed by atoms with Crippen molar-refractivity contribution in [2.45, 2.75) is 53.4 Å². The highest BCUT2D eigenvalue weighted by atomic mass is 15.1. The van der Waals surface area contributed by atoms with E-state index >= 15 is 0 Å². The molecule has 2 nitrogen and oxygen atoms in total. The van der Waals surface area contributed by atoms with Crippen LogP contribution in [0.1, 0.15) is 58.2 Å². The highest BCUT2D eigenvalue weighted by Gasteiger charge is 2.23. The minimum absolute atomic E-state index is 0.237. The minimum Gasteiger partial charge on any atom is -0.311 e. The Morgan fingerprint density at radius 1 is 0.358 bits per heavy atom. The fourth-order valence-electron chi connectivity index (χ4n) is 7.39. The lowest BCUT2D eigenvalue weighted by Crippen LogP contribution is -2.15. The Balaban J connectivity index is 1.25. The maximum Gasteiger partial charge on any atom is 0.0461 e. The molecule has 7 aromatic carbocycles. The third-order valence-corrected chi connectivity index (χ3v) is 10.5. The van der Waals surface area contributed by atoms with E-state index < -0.39 is 0 Å². The number of benzene rings is 7. The molecule has 0 heterocycles. The predicted molar refractivity (Wildman–Crippen MR) is 227 cm³/mol. The summed E-state index contributed by atoms with van der Waals surface area (Å²) in [5.74, 6) is 0.656. The molecule has 53 heavy (non-hydrogen) atoms. The van der Waals surface area contributed by atoms with Crippen LogP contribution in [0.15, 0.2) is 176 Å². The van der Waals surface area contributed by atoms with Gasteiger partial charge in [0.1, 0.15) is 0 Å². The van der Waals surface area contributed by atoms with Crippen molar-refractivity contribution in [3.8, 4) is 0 Å². The van der Waals surface area contributed by atoms with Crippen molar-refractivity contribution in [1.29, 1.82) is 0 Å². The van der Waals surface area contributed by atoms with E-state index in [0.29, 0.717) is 5.92 Å². The molecule has 0 aliphatic rings. The molecule has 0 aliphatic heterocycles. The van der Waals surface area contributed by atoms with E-state index in [4.69, 9.17) is 0 Å². The second kappa shape index (κ2) is 16.2. The number of nitrogens with zero attached hydrogens (tertiary/aromatic N) is 2. The Morgan fingerprint density at radius 3 is 0.943 bits per heavy atom. The van der Waals surface area contributed by atoms with Gasteiger partial charge in [-0.05, 0) is 136 Å². The van der Waals surface area contributed by atoms with Gasteiger partial charge in [0.15, 0.2) is 0 Å². The SMILES string of the molecule is Cc1ccc(N(c2ccc(C)cc2)c2ccc(C(c3ccc(N(c4ccc(C)cc4)c4ccc(C)cc4)cc3)C(C)CCc3ccccc3)cc2)cc1. The van der Waals surface area contributed by atoms with Crippen molar-refractivity contribution in [2.75, 3.05) is 9.80 Å². The highest BCUT2D eigenvalue weighted by molar-refractivity contribution is 5.78. The van der Waals surface area contributed by atoms with Crippen molar-refractivity contribution in [3.05, 3.63) is 215 Å². The number of anilines is 6. The van der Waals surface area contributed by atoms with Gasteiger partial charge in [0.2, 0.25) is 0 Å². The number of hydrogen-bond acceptors (Lipinski definition) is 2. The average molecular weight is 691 g/mol. The van der Waals surface area contributed by atoms with E-state index in [0.717, 1.165) is 47.0 Å². The molecule has 0 bridgehead atoms. The van der Waals surface area contributed by atoms with Crippen LogP contribution >= 0.6 is 0 Å². The van der Waals surface area contributed by atoms with Crippen molar-refractivity contribution < 1.29 is 0 Å². The quantitative estimate of drug-likeness (QED) is 0.126. The van der Waals surface area contributed by atoms with Gasteiger partial charge < -0.3 is 9.80 Å². The molecule has 0 aliphatic carbocycles. The summed E-state index contributed by atoms with van der Waals surface area (Å²) in [6.45, 7) is 11.0. The standard InChI is InChI=1S/C51H50N2/c1-37-11-25-45(26-12-37)52(46-27-13-38(2)14-28-46)49-33-21-43(22-34-49)51(41(5)19-20-42-9-7-6-8-10-42)44-23-35-50(36-24-44)53(47-29-15-39(3)16-30-47)48-31-17-40(4)18-32-48/h6-18,21-36,41,51H,19-20H2,1-5H3. The van der Waals surface area contributed by atoms with Gasteiger partial charge in [-0.3, -0.25) is 0 Å². The van der Waals surface area contributed by atoms with Gasteiger partial charge in [-0.1, -0.05) is 132 Å². The number of hydrogen-bond donors (Lipinski definition) is 0. The van der Waals surface area contributed by atoms with Crippen LogP contribution in [0.3, 0.4) is 0 Å². The third-order valence-electron chi connectivity index (χ3n) is 10.5. The summed E-state index contributed by atoms with van der Waals surface area (Å²) in [4.78, 5) is 4.71. The molecule has 0 fully saturated rings. The summed E-state index contributed by atoms with van der Waals surface area (Å²) in [5.41, 5.74) is 16.0. The fraction of sp³-hybridized carbons (Fsp3) is 0.176. The minimum atomic E-state index is 0.237. The second-order valence-corrected chi connectivity index (χ2v) is 14.7. The molecular weight excluding hydrogens is 641 g/mol. The molecule has 7 rings (SSSR count). The Hall–Kier alpha value is -5.86. The van der Waals surface area contributed by atoms with Crippen LogP contribution in [0.4, 0.5) is 34.1 Å². The average Bonchev–Trinajstić information content (AvgIpc) is 3.19. The fourth-order valence-corrected chi connectivity index (χ4v) is 7.39. The maximum atomic E-state index is 2.42. The summed E-state index contributed by atoms with van der Waals surface area (Å²) < 4.78 is 0. The first-order valence-corrected chi connectivity index (χ1v) is 18.9. The molecule has 1 unspecified atom stereocenters. The largest absolute Gasteiger partial charge is 0.311 e. The monoisotopic (exact) mass is 690 g/mol. The molecule has 0 amide bonds. The van der Waals surface area contributed by atoms with Crippen LogP contribution in [-0.4, -0.2) is 0 Å². The van der Waals surface area contributed by atoms with Gasteiger partial charge in [0.25, 0.3) is 0 Å². The lowest BCUT2D eigenvalue weighted by Gasteiger charge is -2.29. The van der Waals surface area contributed by atoms with Crippen LogP contribution in [0.5, 0.6) is 0 Å². The van der Waals surface area contributed by atoms with E-state index in [1.807, 2.05) is 0 Å². The van der Waals surface area contributed by atoms with Crippen LogP contribution in [0, 0.1) is 33.6 Å². The second-order valence-electron chi connectivity index (χ2n) is 14.7. The summed E-state index contributed by atoms with van der Waals surface area (Å²) in [5, 5.41) is 0. The zero-order chi connectivity index (χ0) is 36.7. The van der Waals surface area contributed by atoms with Crippen molar-refractivity contribution in [2.24, 2.45) is 5.92 Å². The normalized spacial score (nSPS) is 11.7. The Kier molecular flexibility index (Phi) is 10.9. The summed E-state index contributed by atoms with van der Waals surface area (Å²) in [7, 11) is 0. The summed E-state index contributed by atoms with van der Waals surface area (Å²) in [6.07, 6.45) is 2.15. The van der Waals surface area contributed by atoms with E-state index in [2.05, 4.69) is 220 Å². The van der Waals surface area contributed by atoms with Crippen molar-refractivity contribution >= 4 is 34.1 Å². The summed E-state index contributed by atoms with van der Waals surface area (Å²) in [6, 6.07) is 64.8. The van der Waals surface area contributed by atoms with E-state index in [-0.39, 0.29) is 5.92 Å². The molecule has 0 saturated carbocycles. The Labute approximate surface area is 317 Å². The highest BCUT2D eigenvalue weighted by Crippen LogP contribution is 2.41. The Bertz CT molecular complexity index is 1950. The van der Waals surface area contributed by atoms with E-state index in [9.17, 15) is 0 Å². The Morgan fingerprint density at radius 2 is 0.642 bits per heavy atom. The first kappa shape index (κ1) is 35.5. The molecule has 0 saturated heterocycles. The van der Waals surface area contributed by atoms with Gasteiger partial charge in [-0.2, -0.15) is 0 Å². The number of aryl methyl sites for hydroxylation is 5. The van der Waals surface area contributed by atoms with Crippen LogP contribution in [0.2, 0.25) is 0 Å². The number of rotatable bonds is 12. The lowest BCUT2D eigenvalue weighted by molar-refractivity contribution is 0.474. The zero-order valence-corrected chi connectivity index (χ0v) is 31.7. The maximum absolute atomic E-state index is 2.42. The lowest BCUT2D eigenvalue weighted by atomic mass is 9.79. The first-order valence-electron chi connectivity index (χ1n) is 18.9. The smallest absolute Gasteiger partial charge is 0.0461 e. The molecule has 0 spiro atoms.